The van der Waals surface area contributed by atoms with Crippen molar-refractivity contribution in [2.24, 2.45) is 5.73 Å². The molecule has 0 saturated carbocycles. The van der Waals surface area contributed by atoms with E-state index in [2.05, 4.69) is 4.90 Å². The molecule has 1 amide bonds. The maximum atomic E-state index is 10.8. The molecule has 0 aromatic heterocycles. The fourth-order valence-electron chi connectivity index (χ4n) is 2.20. The van der Waals surface area contributed by atoms with E-state index in [9.17, 15) is 4.79 Å². The molecule has 0 spiro atoms. The van der Waals surface area contributed by atoms with Gasteiger partial charge in [-0.1, -0.05) is 6.07 Å². The van der Waals surface area contributed by atoms with Crippen LogP contribution in [-0.2, 0) is 16.1 Å². The number of methoxy groups -OCH3 is 1. The number of nitrogens with zero attached hydrogens (tertiary/aromatic N) is 1. The normalized spacial score (nSPS) is 16.4. The van der Waals surface area contributed by atoms with Crippen molar-refractivity contribution in [3.05, 3.63) is 35.4 Å². The maximum absolute atomic E-state index is 10.8. The van der Waals surface area contributed by atoms with Gasteiger partial charge in [-0.2, -0.15) is 0 Å². The van der Waals surface area contributed by atoms with Crippen molar-refractivity contribution in [3.63, 3.8) is 0 Å². The Bertz CT molecular complexity index is 494. The first-order chi connectivity index (χ1) is 9.69. The summed E-state index contributed by atoms with van der Waals surface area (Å²) in [7, 11) is 1.66. The Labute approximate surface area is 119 Å². The van der Waals surface area contributed by atoms with Crippen LogP contribution in [0.4, 0.5) is 0 Å². The predicted octanol–water partition coefficient (Wildman–Crippen LogP) is 1.03. The molecule has 0 bridgehead atoms. The number of rotatable bonds is 5. The van der Waals surface area contributed by atoms with Gasteiger partial charge in [-0.05, 0) is 23.8 Å². The van der Waals surface area contributed by atoms with Crippen LogP contribution in [0.5, 0.6) is 5.75 Å². The van der Waals surface area contributed by atoms with E-state index in [0.29, 0.717) is 0 Å². The minimum absolute atomic E-state index is 0.449. The molecule has 0 aliphatic carbocycles. The van der Waals surface area contributed by atoms with E-state index >= 15 is 0 Å². The summed E-state index contributed by atoms with van der Waals surface area (Å²) in [6.45, 7) is 4.19. The van der Waals surface area contributed by atoms with Gasteiger partial charge in [-0.3, -0.25) is 9.69 Å². The Kier molecular flexibility index (Phi) is 5.15. The number of amides is 1. The van der Waals surface area contributed by atoms with Gasteiger partial charge in [-0.25, -0.2) is 0 Å². The van der Waals surface area contributed by atoms with E-state index in [0.717, 1.165) is 49.7 Å². The van der Waals surface area contributed by atoms with E-state index in [1.165, 1.54) is 6.08 Å². The second kappa shape index (κ2) is 7.07. The SMILES string of the molecule is COc1ccc(/C=C\C(N)=O)cc1CN1CCOCC1. The summed E-state index contributed by atoms with van der Waals surface area (Å²) in [5, 5.41) is 0. The Balaban J connectivity index is 2.15. The van der Waals surface area contributed by atoms with Gasteiger partial charge in [0.15, 0.2) is 0 Å². The van der Waals surface area contributed by atoms with Crippen LogP contribution in [0.3, 0.4) is 0 Å². The minimum Gasteiger partial charge on any atom is -0.496 e. The lowest BCUT2D eigenvalue weighted by molar-refractivity contribution is -0.113. The number of carbonyl (C=O) groups excluding carboxylic acids is 1. The van der Waals surface area contributed by atoms with E-state index in [-0.39, 0.29) is 0 Å². The topological polar surface area (TPSA) is 64.8 Å². The molecular weight excluding hydrogens is 256 g/mol. The Morgan fingerprint density at radius 2 is 2.20 bits per heavy atom. The van der Waals surface area contributed by atoms with Gasteiger partial charge in [0.25, 0.3) is 0 Å². The highest BCUT2D eigenvalue weighted by molar-refractivity contribution is 5.90. The number of carbonyl (C=O) groups is 1. The molecule has 1 fully saturated rings. The van der Waals surface area contributed by atoms with Crippen molar-refractivity contribution < 1.29 is 14.3 Å². The maximum Gasteiger partial charge on any atom is 0.241 e. The van der Waals surface area contributed by atoms with Gasteiger partial charge in [0.05, 0.1) is 20.3 Å². The van der Waals surface area contributed by atoms with Crippen LogP contribution < -0.4 is 10.5 Å². The van der Waals surface area contributed by atoms with Crippen molar-refractivity contribution in [1.29, 1.82) is 0 Å². The molecule has 108 valence electrons. The van der Waals surface area contributed by atoms with Gasteiger partial charge in [0.2, 0.25) is 5.91 Å². The van der Waals surface area contributed by atoms with Gasteiger partial charge < -0.3 is 15.2 Å². The van der Waals surface area contributed by atoms with Crippen molar-refractivity contribution in [2.75, 3.05) is 33.4 Å². The highest BCUT2D eigenvalue weighted by Gasteiger charge is 2.13. The van der Waals surface area contributed by atoms with E-state index < -0.39 is 5.91 Å². The first kappa shape index (κ1) is 14.6. The summed E-state index contributed by atoms with van der Waals surface area (Å²) in [6.07, 6.45) is 3.07. The summed E-state index contributed by atoms with van der Waals surface area (Å²) >= 11 is 0. The van der Waals surface area contributed by atoms with Crippen LogP contribution >= 0.6 is 0 Å². The number of morpholine rings is 1. The zero-order valence-corrected chi connectivity index (χ0v) is 11.7. The molecule has 5 heteroatoms. The quantitative estimate of drug-likeness (QED) is 0.816. The second-order valence-corrected chi connectivity index (χ2v) is 4.70. The first-order valence-electron chi connectivity index (χ1n) is 6.63. The molecular formula is C15H20N2O3. The summed E-state index contributed by atoms with van der Waals surface area (Å²) in [4.78, 5) is 13.1. The number of primary amides is 1. The first-order valence-corrected chi connectivity index (χ1v) is 6.63. The largest absolute Gasteiger partial charge is 0.496 e. The average Bonchev–Trinajstić information content (AvgIpc) is 2.46. The molecule has 1 heterocycles. The van der Waals surface area contributed by atoms with Crippen molar-refractivity contribution >= 4 is 12.0 Å². The highest BCUT2D eigenvalue weighted by Crippen LogP contribution is 2.22. The molecule has 2 N–H and O–H groups in total. The lowest BCUT2D eigenvalue weighted by atomic mass is 10.1. The Morgan fingerprint density at radius 1 is 1.45 bits per heavy atom. The zero-order chi connectivity index (χ0) is 14.4. The van der Waals surface area contributed by atoms with Gasteiger partial charge in [0, 0.05) is 31.3 Å². The average molecular weight is 276 g/mol. The lowest BCUT2D eigenvalue weighted by Gasteiger charge is -2.27. The third kappa shape index (κ3) is 4.08. The smallest absolute Gasteiger partial charge is 0.241 e. The molecule has 5 nitrogen and oxygen atoms in total. The van der Waals surface area contributed by atoms with Crippen LogP contribution in [0.1, 0.15) is 11.1 Å². The fourth-order valence-corrected chi connectivity index (χ4v) is 2.20. The van der Waals surface area contributed by atoms with Gasteiger partial charge >= 0.3 is 0 Å². The van der Waals surface area contributed by atoms with E-state index in [4.69, 9.17) is 15.2 Å². The highest BCUT2D eigenvalue weighted by atomic mass is 16.5. The molecule has 1 aromatic carbocycles. The molecule has 20 heavy (non-hydrogen) atoms. The molecule has 2 rings (SSSR count). The molecule has 1 aromatic rings. The van der Waals surface area contributed by atoms with Crippen molar-refractivity contribution in [3.8, 4) is 5.75 Å². The predicted molar refractivity (Wildman–Crippen MR) is 77.3 cm³/mol. The number of ether oxygens (including phenoxy) is 2. The lowest BCUT2D eigenvalue weighted by Crippen LogP contribution is -2.35. The summed E-state index contributed by atoms with van der Waals surface area (Å²) in [5.74, 6) is 0.406. The van der Waals surface area contributed by atoms with Crippen LogP contribution in [0, 0.1) is 0 Å². The number of hydrogen-bond donors (Lipinski definition) is 1. The summed E-state index contributed by atoms with van der Waals surface area (Å²) in [6, 6.07) is 5.84. The minimum atomic E-state index is -0.449. The van der Waals surface area contributed by atoms with Crippen molar-refractivity contribution in [2.45, 2.75) is 6.54 Å². The van der Waals surface area contributed by atoms with Crippen LogP contribution in [0.25, 0.3) is 6.08 Å². The monoisotopic (exact) mass is 276 g/mol. The van der Waals surface area contributed by atoms with E-state index in [1.54, 1.807) is 13.2 Å². The standard InChI is InChI=1S/C15H20N2O3/c1-19-14-4-2-12(3-5-15(16)18)10-13(14)11-17-6-8-20-9-7-17/h2-5,10H,6-9,11H2,1H3,(H2,16,18)/b5-3-. The zero-order valence-electron chi connectivity index (χ0n) is 11.7. The fraction of sp³-hybridized carbons (Fsp3) is 0.400. The summed E-state index contributed by atoms with van der Waals surface area (Å²) in [5.41, 5.74) is 7.15. The molecule has 0 radical (unpaired) electrons. The third-order valence-electron chi connectivity index (χ3n) is 3.24. The van der Waals surface area contributed by atoms with E-state index in [1.807, 2.05) is 18.2 Å². The van der Waals surface area contributed by atoms with Gasteiger partial charge in [-0.15, -0.1) is 0 Å². The Hall–Kier alpha value is -1.85. The van der Waals surface area contributed by atoms with Crippen molar-refractivity contribution in [1.82, 2.24) is 4.90 Å². The van der Waals surface area contributed by atoms with Crippen LogP contribution in [0.15, 0.2) is 24.3 Å². The molecule has 0 unspecified atom stereocenters. The Morgan fingerprint density at radius 3 is 2.85 bits per heavy atom. The summed E-state index contributed by atoms with van der Waals surface area (Å²) < 4.78 is 10.7. The molecule has 1 aliphatic rings. The van der Waals surface area contributed by atoms with Crippen LogP contribution in [0.2, 0.25) is 0 Å². The third-order valence-corrected chi connectivity index (χ3v) is 3.24. The molecule has 1 aliphatic heterocycles. The second-order valence-electron chi connectivity index (χ2n) is 4.70. The molecule has 1 saturated heterocycles. The van der Waals surface area contributed by atoms with Crippen LogP contribution in [-0.4, -0.2) is 44.2 Å². The number of hydrogen-bond acceptors (Lipinski definition) is 4. The van der Waals surface area contributed by atoms with Gasteiger partial charge in [0.1, 0.15) is 5.75 Å². The number of nitrogens with two attached hydrogens (primary N) is 1. The molecule has 0 atom stereocenters. The number of benzene rings is 1.